The van der Waals surface area contributed by atoms with Gasteiger partial charge in [-0.3, -0.25) is 0 Å². The molecule has 0 aromatic heterocycles. The molecule has 0 aliphatic carbocycles. The molecule has 37 heavy (non-hydrogen) atoms. The number of rotatable bonds is 4. The average Bonchev–Trinajstić information content (AvgIpc) is 2.81. The Morgan fingerprint density at radius 2 is 0.405 bits per heavy atom. The molecular formula is C24H8Cl12Sn. The second-order valence-corrected chi connectivity index (χ2v) is 23.1. The van der Waals surface area contributed by atoms with Crippen LogP contribution >= 0.6 is 139 Å². The molecule has 0 unspecified atom stereocenters. The Morgan fingerprint density at radius 3 is 0.595 bits per heavy atom. The quantitative estimate of drug-likeness (QED) is 0.142. The molecule has 192 valence electrons. The molecule has 4 aromatic rings. The van der Waals surface area contributed by atoms with Crippen LogP contribution < -0.4 is 14.3 Å². The van der Waals surface area contributed by atoms with E-state index in [4.69, 9.17) is 139 Å². The summed E-state index contributed by atoms with van der Waals surface area (Å²) in [6, 6.07) is 12.8. The van der Waals surface area contributed by atoms with Gasteiger partial charge in [-0.2, -0.15) is 0 Å². The fraction of sp³-hybridized carbons (Fsp3) is 0. The summed E-state index contributed by atoms with van der Waals surface area (Å²) in [5.41, 5.74) is 0. The third-order valence-electron chi connectivity index (χ3n) is 5.66. The van der Waals surface area contributed by atoms with Gasteiger partial charge in [0, 0.05) is 0 Å². The molecule has 13 heteroatoms. The molecular weight excluding hydrogens is 832 g/mol. The van der Waals surface area contributed by atoms with E-state index < -0.39 is 18.4 Å². The number of hydrogen-bond donors (Lipinski definition) is 0. The maximum atomic E-state index is 6.91. The van der Waals surface area contributed by atoms with Crippen LogP contribution in [0, 0.1) is 0 Å². The minimum absolute atomic E-state index is 0.241. The van der Waals surface area contributed by atoms with Crippen LogP contribution in [0.1, 0.15) is 0 Å². The molecule has 0 aliphatic rings. The van der Waals surface area contributed by atoms with Crippen molar-refractivity contribution in [2.24, 2.45) is 0 Å². The second kappa shape index (κ2) is 12.2. The van der Waals surface area contributed by atoms with E-state index in [9.17, 15) is 0 Å². The summed E-state index contributed by atoms with van der Waals surface area (Å²) in [5.74, 6) is 0. The first kappa shape index (κ1) is 31.1. The fourth-order valence-electron chi connectivity index (χ4n) is 4.11. The molecule has 0 spiro atoms. The van der Waals surface area contributed by atoms with E-state index in [1.165, 1.54) is 24.3 Å². The van der Waals surface area contributed by atoms with Crippen LogP contribution in [0.5, 0.6) is 0 Å². The molecule has 0 fully saturated rings. The molecule has 0 bridgehead atoms. The van der Waals surface area contributed by atoms with E-state index in [2.05, 4.69) is 0 Å². The summed E-state index contributed by atoms with van der Waals surface area (Å²) in [6.45, 7) is 0. The third kappa shape index (κ3) is 5.78. The van der Waals surface area contributed by atoms with Gasteiger partial charge in [0.1, 0.15) is 0 Å². The Kier molecular flexibility index (Phi) is 10.2. The Labute approximate surface area is 277 Å². The monoisotopic (exact) mass is 836 g/mol. The van der Waals surface area contributed by atoms with E-state index in [0.717, 1.165) is 0 Å². The number of hydrogen-bond acceptors (Lipinski definition) is 0. The first-order valence-corrected chi connectivity index (χ1v) is 20.1. The first-order chi connectivity index (χ1) is 17.3. The molecule has 0 radical (unpaired) electrons. The molecule has 4 aromatic carbocycles. The van der Waals surface area contributed by atoms with Crippen molar-refractivity contribution in [2.75, 3.05) is 0 Å². The fourth-order valence-corrected chi connectivity index (χ4v) is 25.1. The van der Waals surface area contributed by atoms with Crippen LogP contribution in [0.25, 0.3) is 0 Å². The van der Waals surface area contributed by atoms with Crippen LogP contribution in [0.15, 0.2) is 48.5 Å². The average molecular weight is 840 g/mol. The second-order valence-electron chi connectivity index (χ2n) is 7.73. The molecule has 4 rings (SSSR count). The Morgan fingerprint density at radius 1 is 0.243 bits per heavy atom. The van der Waals surface area contributed by atoms with E-state index >= 15 is 0 Å². The van der Waals surface area contributed by atoms with Crippen molar-refractivity contribution < 1.29 is 0 Å². The summed E-state index contributed by atoms with van der Waals surface area (Å²) in [6.07, 6.45) is 0. The molecule has 0 atom stereocenters. The molecule has 0 saturated carbocycles. The Balaban J connectivity index is 2.39. The SMILES string of the molecule is Clc1cc(Cl)[c]([Sn]([c]2cc(Cl)c(Cl)cc2Cl)([c]2cc(Cl)c(Cl)cc2Cl)[c]2cc(Cl)c(Cl)cc2Cl)cc1Cl. The maximum absolute atomic E-state index is 6.91. The van der Waals surface area contributed by atoms with Crippen LogP contribution in [0.2, 0.25) is 60.3 Å². The first-order valence-electron chi connectivity index (χ1n) is 9.89. The zero-order chi connectivity index (χ0) is 27.4. The van der Waals surface area contributed by atoms with Gasteiger partial charge in [0.2, 0.25) is 0 Å². The van der Waals surface area contributed by atoms with E-state index in [1.807, 2.05) is 0 Å². The standard InChI is InChI=1S/4C6H2Cl3.Sn/c4*7-4-1-2-5(8)6(9)3-4;/h4*2-3H;. The predicted octanol–water partition coefficient (Wildman–Crippen LogP) is 10.9. The summed E-state index contributed by atoms with van der Waals surface area (Å²) < 4.78 is 2.36. The van der Waals surface area contributed by atoms with E-state index in [1.54, 1.807) is 24.3 Å². The van der Waals surface area contributed by atoms with Gasteiger partial charge < -0.3 is 0 Å². The van der Waals surface area contributed by atoms with E-state index in [-0.39, 0.29) is 60.3 Å². The van der Waals surface area contributed by atoms with Crippen LogP contribution in [-0.2, 0) is 0 Å². The van der Waals surface area contributed by atoms with Gasteiger partial charge in [-0.15, -0.1) is 0 Å². The Hall–Kier alpha value is 1.16. The zero-order valence-electron chi connectivity index (χ0n) is 17.7. The topological polar surface area (TPSA) is 0 Å². The van der Waals surface area contributed by atoms with Crippen molar-refractivity contribution in [2.45, 2.75) is 0 Å². The summed E-state index contributed by atoms with van der Waals surface area (Å²) in [7, 11) is 0. The van der Waals surface area contributed by atoms with Gasteiger partial charge in [0.25, 0.3) is 0 Å². The van der Waals surface area contributed by atoms with Crippen molar-refractivity contribution in [3.63, 3.8) is 0 Å². The van der Waals surface area contributed by atoms with Crippen molar-refractivity contribution in [1.29, 1.82) is 0 Å². The van der Waals surface area contributed by atoms with Crippen molar-refractivity contribution in [3.8, 4) is 0 Å². The van der Waals surface area contributed by atoms with Crippen LogP contribution in [0.4, 0.5) is 0 Å². The van der Waals surface area contributed by atoms with Crippen molar-refractivity contribution in [1.82, 2.24) is 0 Å². The third-order valence-corrected chi connectivity index (χ3v) is 25.6. The number of benzene rings is 4. The van der Waals surface area contributed by atoms with Gasteiger partial charge in [0.15, 0.2) is 0 Å². The predicted molar refractivity (Wildman–Crippen MR) is 170 cm³/mol. The molecule has 0 heterocycles. The Bertz CT molecular complexity index is 1330. The molecule has 0 nitrogen and oxygen atoms in total. The van der Waals surface area contributed by atoms with Gasteiger partial charge in [-0.1, -0.05) is 0 Å². The number of halogens is 12. The molecule has 0 N–H and O–H groups in total. The molecule has 0 amide bonds. The summed E-state index contributed by atoms with van der Waals surface area (Å²) >= 11 is 74.1. The van der Waals surface area contributed by atoms with Crippen molar-refractivity contribution >= 4 is 172 Å². The van der Waals surface area contributed by atoms with Gasteiger partial charge in [-0.05, 0) is 0 Å². The van der Waals surface area contributed by atoms with Gasteiger partial charge in [-0.25, -0.2) is 0 Å². The van der Waals surface area contributed by atoms with E-state index in [0.29, 0.717) is 14.3 Å². The molecule has 0 aliphatic heterocycles. The minimum atomic E-state index is -4.95. The zero-order valence-corrected chi connectivity index (χ0v) is 29.6. The van der Waals surface area contributed by atoms with Crippen molar-refractivity contribution in [3.05, 3.63) is 109 Å². The summed E-state index contributed by atoms with van der Waals surface area (Å²) in [4.78, 5) is 0. The molecule has 0 saturated heterocycles. The van der Waals surface area contributed by atoms with Crippen LogP contribution in [0.3, 0.4) is 0 Å². The van der Waals surface area contributed by atoms with Crippen LogP contribution in [-0.4, -0.2) is 18.4 Å². The summed E-state index contributed by atoms with van der Waals surface area (Å²) in [5, 5.41) is 3.11. The van der Waals surface area contributed by atoms with Gasteiger partial charge >= 0.3 is 281 Å². The van der Waals surface area contributed by atoms with Gasteiger partial charge in [0.05, 0.1) is 0 Å². The normalized spacial score (nSPS) is 11.8.